The van der Waals surface area contributed by atoms with Crippen molar-refractivity contribution < 1.29 is 19.1 Å². The molecule has 0 aliphatic carbocycles. The zero-order valence-electron chi connectivity index (χ0n) is 12.8. The molecule has 1 heterocycles. The van der Waals surface area contributed by atoms with Gasteiger partial charge in [-0.1, -0.05) is 11.6 Å². The first-order chi connectivity index (χ1) is 10.5. The van der Waals surface area contributed by atoms with E-state index in [-0.39, 0.29) is 24.2 Å². The highest BCUT2D eigenvalue weighted by Crippen LogP contribution is 2.36. The maximum atomic E-state index is 12.3. The summed E-state index contributed by atoms with van der Waals surface area (Å²) in [7, 11) is 3.00. The van der Waals surface area contributed by atoms with Crippen LogP contribution in [-0.4, -0.2) is 44.0 Å². The van der Waals surface area contributed by atoms with Crippen LogP contribution in [0.1, 0.15) is 13.3 Å². The summed E-state index contributed by atoms with van der Waals surface area (Å²) < 4.78 is 10.4. The fourth-order valence-electron chi connectivity index (χ4n) is 2.45. The van der Waals surface area contributed by atoms with Crippen molar-refractivity contribution in [2.75, 3.05) is 32.6 Å². The number of rotatable bonds is 5. The van der Waals surface area contributed by atoms with Gasteiger partial charge in [-0.25, -0.2) is 0 Å². The van der Waals surface area contributed by atoms with Crippen LogP contribution >= 0.6 is 11.6 Å². The summed E-state index contributed by atoms with van der Waals surface area (Å²) in [5.74, 6) is 0.334. The van der Waals surface area contributed by atoms with Crippen molar-refractivity contribution in [3.8, 4) is 11.5 Å². The minimum atomic E-state index is -0.363. The molecule has 1 atom stereocenters. The van der Waals surface area contributed by atoms with Crippen LogP contribution in [0.4, 0.5) is 5.69 Å². The zero-order valence-corrected chi connectivity index (χ0v) is 13.6. The Morgan fingerprint density at radius 2 is 2.05 bits per heavy atom. The van der Waals surface area contributed by atoms with E-state index in [0.717, 1.165) is 0 Å². The second kappa shape index (κ2) is 6.87. The lowest BCUT2D eigenvalue weighted by Crippen LogP contribution is -2.28. The number of nitrogens with zero attached hydrogens (tertiary/aromatic N) is 1. The number of ether oxygens (including phenoxy) is 2. The molecule has 1 aliphatic heterocycles. The number of halogens is 1. The molecule has 7 heteroatoms. The summed E-state index contributed by atoms with van der Waals surface area (Å²) in [6.07, 6.45) is 0.228. The van der Waals surface area contributed by atoms with Crippen LogP contribution in [0.3, 0.4) is 0 Å². The smallest absolute Gasteiger partial charge is 0.229 e. The molecule has 120 valence electrons. The molecule has 2 rings (SSSR count). The van der Waals surface area contributed by atoms with E-state index in [4.69, 9.17) is 21.1 Å². The number of carbonyl (C=O) groups is 2. The van der Waals surface area contributed by atoms with E-state index in [9.17, 15) is 9.59 Å². The molecule has 22 heavy (non-hydrogen) atoms. The minimum Gasteiger partial charge on any atom is -0.495 e. The minimum absolute atomic E-state index is 0.00220. The van der Waals surface area contributed by atoms with E-state index in [1.165, 1.54) is 14.2 Å². The third-order valence-electron chi connectivity index (χ3n) is 3.70. The van der Waals surface area contributed by atoms with Crippen molar-refractivity contribution in [3.63, 3.8) is 0 Å². The molecule has 0 radical (unpaired) electrons. The van der Waals surface area contributed by atoms with Crippen LogP contribution in [0.5, 0.6) is 11.5 Å². The lowest BCUT2D eigenvalue weighted by atomic mass is 10.1. The summed E-state index contributed by atoms with van der Waals surface area (Å²) in [5, 5.41) is 3.15. The number of hydrogen-bond donors (Lipinski definition) is 1. The van der Waals surface area contributed by atoms with Gasteiger partial charge in [0.1, 0.15) is 11.5 Å². The quantitative estimate of drug-likeness (QED) is 0.900. The molecule has 1 N–H and O–H groups in total. The predicted molar refractivity (Wildman–Crippen MR) is 83.5 cm³/mol. The first-order valence-corrected chi connectivity index (χ1v) is 7.38. The van der Waals surface area contributed by atoms with Gasteiger partial charge in [0, 0.05) is 25.6 Å². The van der Waals surface area contributed by atoms with Crippen molar-refractivity contribution in [2.24, 2.45) is 5.92 Å². The van der Waals surface area contributed by atoms with Crippen LogP contribution in [-0.2, 0) is 9.59 Å². The molecule has 0 aromatic heterocycles. The third-order valence-corrected chi connectivity index (χ3v) is 3.99. The molecular weight excluding hydrogens is 308 g/mol. The number of benzene rings is 1. The molecule has 6 nitrogen and oxygen atoms in total. The highest BCUT2D eigenvalue weighted by atomic mass is 35.5. The lowest BCUT2D eigenvalue weighted by Gasteiger charge is -2.16. The van der Waals surface area contributed by atoms with Gasteiger partial charge in [-0.2, -0.15) is 0 Å². The van der Waals surface area contributed by atoms with Gasteiger partial charge in [-0.3, -0.25) is 9.59 Å². The van der Waals surface area contributed by atoms with E-state index in [1.807, 2.05) is 6.92 Å². The Bertz CT molecular complexity index is 591. The molecule has 0 bridgehead atoms. The number of carbonyl (C=O) groups excluding carboxylic acids is 2. The first-order valence-electron chi connectivity index (χ1n) is 7.00. The van der Waals surface area contributed by atoms with Gasteiger partial charge in [0.2, 0.25) is 11.8 Å². The van der Waals surface area contributed by atoms with Crippen molar-refractivity contribution >= 4 is 29.1 Å². The summed E-state index contributed by atoms with van der Waals surface area (Å²) in [5.41, 5.74) is 0.459. The number of methoxy groups -OCH3 is 2. The van der Waals surface area contributed by atoms with Crippen LogP contribution in [0.2, 0.25) is 5.02 Å². The van der Waals surface area contributed by atoms with Crippen LogP contribution < -0.4 is 14.8 Å². The fraction of sp³-hybridized carbons (Fsp3) is 0.467. The summed E-state index contributed by atoms with van der Waals surface area (Å²) in [4.78, 5) is 25.7. The monoisotopic (exact) mass is 326 g/mol. The topological polar surface area (TPSA) is 67.9 Å². The van der Waals surface area contributed by atoms with E-state index < -0.39 is 0 Å². The predicted octanol–water partition coefficient (Wildman–Crippen LogP) is 2.16. The van der Waals surface area contributed by atoms with Crippen LogP contribution in [0.25, 0.3) is 0 Å². The Labute approximate surface area is 134 Å². The summed E-state index contributed by atoms with van der Waals surface area (Å²) in [6.45, 7) is 2.94. The van der Waals surface area contributed by atoms with Crippen molar-refractivity contribution in [2.45, 2.75) is 13.3 Å². The van der Waals surface area contributed by atoms with Gasteiger partial charge in [-0.15, -0.1) is 0 Å². The molecule has 0 spiro atoms. The Balaban J connectivity index is 2.15. The SMILES string of the molecule is CCN1CC(C(=O)Nc2cc(Cl)c(OC)cc2OC)CC1=O. The van der Waals surface area contributed by atoms with Crippen molar-refractivity contribution in [1.82, 2.24) is 4.90 Å². The Hall–Kier alpha value is -1.95. The molecule has 1 unspecified atom stereocenters. The Kier molecular flexibility index (Phi) is 5.13. The zero-order chi connectivity index (χ0) is 16.3. The normalized spacial score (nSPS) is 17.5. The highest BCUT2D eigenvalue weighted by Gasteiger charge is 2.33. The van der Waals surface area contributed by atoms with Crippen molar-refractivity contribution in [3.05, 3.63) is 17.2 Å². The van der Waals surface area contributed by atoms with Gasteiger partial charge in [0.15, 0.2) is 0 Å². The molecule has 1 fully saturated rings. The van der Waals surface area contributed by atoms with E-state index >= 15 is 0 Å². The number of nitrogens with one attached hydrogen (secondary N) is 1. The molecule has 1 saturated heterocycles. The van der Waals surface area contributed by atoms with E-state index in [2.05, 4.69) is 5.32 Å². The molecular formula is C15H19ClN2O4. The number of likely N-dealkylation sites (tertiary alicyclic amines) is 1. The average Bonchev–Trinajstić information content (AvgIpc) is 2.88. The standard InChI is InChI=1S/C15H19ClN2O4/c1-4-18-8-9(5-14(18)19)15(20)17-11-6-10(16)12(21-2)7-13(11)22-3/h6-7,9H,4-5,8H2,1-3H3,(H,17,20). The molecule has 1 aliphatic rings. The largest absolute Gasteiger partial charge is 0.495 e. The molecule has 1 aromatic rings. The second-order valence-corrected chi connectivity index (χ2v) is 5.42. The maximum absolute atomic E-state index is 12.3. The molecule has 2 amide bonds. The fourth-order valence-corrected chi connectivity index (χ4v) is 2.69. The summed E-state index contributed by atoms with van der Waals surface area (Å²) >= 11 is 6.08. The van der Waals surface area contributed by atoms with Crippen molar-refractivity contribution in [1.29, 1.82) is 0 Å². The number of anilines is 1. The summed E-state index contributed by atoms with van der Waals surface area (Å²) in [6, 6.07) is 3.18. The Morgan fingerprint density at radius 3 is 2.59 bits per heavy atom. The van der Waals surface area contributed by atoms with Gasteiger partial charge in [-0.05, 0) is 13.0 Å². The first kappa shape index (κ1) is 16.4. The number of amides is 2. The van der Waals surface area contributed by atoms with E-state index in [0.29, 0.717) is 35.3 Å². The highest BCUT2D eigenvalue weighted by molar-refractivity contribution is 6.32. The third kappa shape index (κ3) is 3.27. The van der Waals surface area contributed by atoms with Crippen LogP contribution in [0, 0.1) is 5.92 Å². The lowest BCUT2D eigenvalue weighted by molar-refractivity contribution is -0.128. The van der Waals surface area contributed by atoms with Gasteiger partial charge in [0.25, 0.3) is 0 Å². The molecule has 0 saturated carbocycles. The maximum Gasteiger partial charge on any atom is 0.229 e. The average molecular weight is 327 g/mol. The Morgan fingerprint density at radius 1 is 1.36 bits per heavy atom. The van der Waals surface area contributed by atoms with Gasteiger partial charge in [0.05, 0.1) is 30.8 Å². The molecule has 1 aromatic carbocycles. The number of hydrogen-bond acceptors (Lipinski definition) is 4. The van der Waals surface area contributed by atoms with E-state index in [1.54, 1.807) is 17.0 Å². The van der Waals surface area contributed by atoms with Crippen LogP contribution in [0.15, 0.2) is 12.1 Å². The second-order valence-electron chi connectivity index (χ2n) is 5.01. The van der Waals surface area contributed by atoms with Gasteiger partial charge >= 0.3 is 0 Å². The van der Waals surface area contributed by atoms with Gasteiger partial charge < -0.3 is 19.7 Å².